The second kappa shape index (κ2) is 6.18. The molecule has 1 saturated carbocycles. The van der Waals surface area contributed by atoms with E-state index in [1.807, 2.05) is 6.92 Å². The van der Waals surface area contributed by atoms with Crippen molar-refractivity contribution in [3.63, 3.8) is 0 Å². The molecule has 1 aliphatic rings. The molecule has 0 aromatic carbocycles. The van der Waals surface area contributed by atoms with Gasteiger partial charge in [-0.3, -0.25) is 4.79 Å². The number of aliphatic hydroxyl groups excluding tert-OH is 1. The van der Waals surface area contributed by atoms with Crippen LogP contribution in [0.25, 0.3) is 0 Å². The molecule has 0 spiro atoms. The molecule has 1 aliphatic carbocycles. The number of hydrogen-bond acceptors (Lipinski definition) is 2. The van der Waals surface area contributed by atoms with Gasteiger partial charge in [0.1, 0.15) is 6.10 Å². The fraction of sp³-hybridized carbons (Fsp3) is 0.917. The Morgan fingerprint density at radius 2 is 1.86 bits per heavy atom. The minimum Gasteiger partial charge on any atom is -0.385 e. The summed E-state index contributed by atoms with van der Waals surface area (Å²) in [6.45, 7) is 2.00. The van der Waals surface area contributed by atoms with Crippen molar-refractivity contribution in [2.24, 2.45) is 5.92 Å². The first-order valence-corrected chi connectivity index (χ1v) is 5.97. The molecule has 0 bridgehead atoms. The lowest BCUT2D eigenvalue weighted by Crippen LogP contribution is -2.27. The predicted molar refractivity (Wildman–Crippen MR) is 57.1 cm³/mol. The van der Waals surface area contributed by atoms with Gasteiger partial charge in [-0.15, -0.1) is 0 Å². The molecule has 2 heteroatoms. The molecule has 82 valence electrons. The zero-order chi connectivity index (χ0) is 10.4. The third kappa shape index (κ3) is 3.41. The van der Waals surface area contributed by atoms with E-state index in [1.165, 1.54) is 12.8 Å². The number of Topliss-reactive ketones (excluding diaryl/α,β-unsaturated/α-hetero) is 1. The van der Waals surface area contributed by atoms with Gasteiger partial charge in [-0.25, -0.2) is 0 Å². The molecule has 0 aliphatic heterocycles. The number of aliphatic hydroxyl groups is 1. The van der Waals surface area contributed by atoms with Crippen LogP contribution in [0, 0.1) is 5.92 Å². The zero-order valence-corrected chi connectivity index (χ0v) is 9.17. The van der Waals surface area contributed by atoms with Crippen LogP contribution in [-0.4, -0.2) is 17.0 Å². The lowest BCUT2D eigenvalue weighted by Gasteiger charge is -2.16. The van der Waals surface area contributed by atoms with E-state index in [9.17, 15) is 9.90 Å². The maximum Gasteiger partial charge on any atom is 0.164 e. The molecule has 0 radical (unpaired) electrons. The smallest absolute Gasteiger partial charge is 0.164 e. The number of carbonyl (C=O) groups is 1. The summed E-state index contributed by atoms with van der Waals surface area (Å²) in [5, 5.41) is 9.61. The predicted octanol–water partition coefficient (Wildman–Crippen LogP) is 2.69. The maximum atomic E-state index is 11.8. The normalized spacial score (nSPS) is 21.6. The summed E-state index contributed by atoms with van der Waals surface area (Å²) in [5.74, 6) is 0.257. The van der Waals surface area contributed by atoms with E-state index in [-0.39, 0.29) is 11.7 Å². The molecule has 0 aromatic heterocycles. The Balaban J connectivity index is 2.40. The highest BCUT2D eigenvalue weighted by molar-refractivity contribution is 5.85. The lowest BCUT2D eigenvalue weighted by atomic mass is 9.91. The van der Waals surface area contributed by atoms with Gasteiger partial charge < -0.3 is 5.11 Å². The maximum absolute atomic E-state index is 11.8. The van der Waals surface area contributed by atoms with E-state index in [4.69, 9.17) is 0 Å². The molecule has 1 atom stereocenters. The van der Waals surface area contributed by atoms with Gasteiger partial charge in [0, 0.05) is 5.92 Å². The Kier molecular flexibility index (Phi) is 5.16. The van der Waals surface area contributed by atoms with E-state index >= 15 is 0 Å². The van der Waals surface area contributed by atoms with Gasteiger partial charge in [-0.1, -0.05) is 39.0 Å². The average molecular weight is 198 g/mol. The van der Waals surface area contributed by atoms with Crippen molar-refractivity contribution in [1.29, 1.82) is 0 Å². The van der Waals surface area contributed by atoms with Crippen molar-refractivity contribution < 1.29 is 9.90 Å². The van der Waals surface area contributed by atoms with Crippen molar-refractivity contribution >= 4 is 5.78 Å². The van der Waals surface area contributed by atoms with Gasteiger partial charge in [-0.2, -0.15) is 0 Å². The first kappa shape index (κ1) is 11.7. The van der Waals surface area contributed by atoms with Gasteiger partial charge in [0.25, 0.3) is 0 Å². The molecule has 0 saturated heterocycles. The number of hydrogen-bond donors (Lipinski definition) is 1. The Labute approximate surface area is 86.7 Å². The first-order valence-electron chi connectivity index (χ1n) is 5.97. The third-order valence-corrected chi connectivity index (χ3v) is 3.15. The molecular weight excluding hydrogens is 176 g/mol. The summed E-state index contributed by atoms with van der Waals surface area (Å²) < 4.78 is 0. The van der Waals surface area contributed by atoms with E-state index < -0.39 is 6.10 Å². The van der Waals surface area contributed by atoms with Crippen LogP contribution in [0.2, 0.25) is 0 Å². The molecule has 0 aromatic rings. The second-order valence-corrected chi connectivity index (χ2v) is 4.40. The van der Waals surface area contributed by atoms with Crippen LogP contribution in [0.4, 0.5) is 0 Å². The summed E-state index contributed by atoms with van der Waals surface area (Å²) in [6.07, 6.45) is 7.67. The summed E-state index contributed by atoms with van der Waals surface area (Å²) in [6, 6.07) is 0. The van der Waals surface area contributed by atoms with Gasteiger partial charge in [0.15, 0.2) is 5.78 Å². The SMILES string of the molecule is CCCC(O)C(=O)C1CCCCCC1. The number of ketones is 1. The topological polar surface area (TPSA) is 37.3 Å². The van der Waals surface area contributed by atoms with E-state index in [0.717, 1.165) is 32.1 Å². The van der Waals surface area contributed by atoms with Gasteiger partial charge in [0.05, 0.1) is 0 Å². The summed E-state index contributed by atoms with van der Waals surface area (Å²) >= 11 is 0. The van der Waals surface area contributed by atoms with Crippen LogP contribution in [0.5, 0.6) is 0 Å². The molecule has 1 unspecified atom stereocenters. The van der Waals surface area contributed by atoms with Crippen molar-refractivity contribution in [2.45, 2.75) is 64.4 Å². The molecule has 2 nitrogen and oxygen atoms in total. The van der Waals surface area contributed by atoms with Gasteiger partial charge in [-0.05, 0) is 19.3 Å². The Morgan fingerprint density at radius 3 is 2.36 bits per heavy atom. The Morgan fingerprint density at radius 1 is 1.29 bits per heavy atom. The van der Waals surface area contributed by atoms with Crippen LogP contribution >= 0.6 is 0 Å². The summed E-state index contributed by atoms with van der Waals surface area (Å²) in [7, 11) is 0. The minimum absolute atomic E-state index is 0.105. The van der Waals surface area contributed by atoms with E-state index in [1.54, 1.807) is 0 Å². The van der Waals surface area contributed by atoms with Crippen molar-refractivity contribution in [3.05, 3.63) is 0 Å². The highest BCUT2D eigenvalue weighted by atomic mass is 16.3. The van der Waals surface area contributed by atoms with Crippen LogP contribution in [0.3, 0.4) is 0 Å². The van der Waals surface area contributed by atoms with Gasteiger partial charge >= 0.3 is 0 Å². The number of rotatable bonds is 4. The fourth-order valence-electron chi connectivity index (χ4n) is 2.25. The highest BCUT2D eigenvalue weighted by Crippen LogP contribution is 2.25. The standard InChI is InChI=1S/C12H22O2/c1-2-7-11(13)12(14)10-8-5-3-4-6-9-10/h10-11,13H,2-9H2,1H3. The van der Waals surface area contributed by atoms with E-state index in [0.29, 0.717) is 6.42 Å². The van der Waals surface area contributed by atoms with Crippen LogP contribution in [0.1, 0.15) is 58.3 Å². The Hall–Kier alpha value is -0.370. The minimum atomic E-state index is -0.692. The largest absolute Gasteiger partial charge is 0.385 e. The van der Waals surface area contributed by atoms with Crippen molar-refractivity contribution in [1.82, 2.24) is 0 Å². The summed E-state index contributed by atoms with van der Waals surface area (Å²) in [4.78, 5) is 11.8. The number of carbonyl (C=O) groups excluding carboxylic acids is 1. The molecule has 14 heavy (non-hydrogen) atoms. The molecule has 1 N–H and O–H groups in total. The first-order chi connectivity index (χ1) is 6.75. The molecule has 0 heterocycles. The summed E-state index contributed by atoms with van der Waals surface area (Å²) in [5.41, 5.74) is 0. The molecule has 0 amide bonds. The quantitative estimate of drug-likeness (QED) is 0.705. The third-order valence-electron chi connectivity index (χ3n) is 3.15. The van der Waals surface area contributed by atoms with Crippen LogP contribution < -0.4 is 0 Å². The van der Waals surface area contributed by atoms with Crippen LogP contribution in [0.15, 0.2) is 0 Å². The van der Waals surface area contributed by atoms with Crippen LogP contribution in [-0.2, 0) is 4.79 Å². The second-order valence-electron chi connectivity index (χ2n) is 4.40. The fourth-order valence-corrected chi connectivity index (χ4v) is 2.25. The van der Waals surface area contributed by atoms with Crippen molar-refractivity contribution in [2.75, 3.05) is 0 Å². The Bertz CT molecular complexity index is 169. The molecular formula is C12H22O2. The lowest BCUT2D eigenvalue weighted by molar-refractivity contribution is -0.131. The van der Waals surface area contributed by atoms with Gasteiger partial charge in [0.2, 0.25) is 0 Å². The van der Waals surface area contributed by atoms with Crippen molar-refractivity contribution in [3.8, 4) is 0 Å². The monoisotopic (exact) mass is 198 g/mol. The average Bonchev–Trinajstić information content (AvgIpc) is 2.45. The zero-order valence-electron chi connectivity index (χ0n) is 9.17. The highest BCUT2D eigenvalue weighted by Gasteiger charge is 2.25. The molecule has 1 fully saturated rings. The molecule has 1 rings (SSSR count). The van der Waals surface area contributed by atoms with E-state index in [2.05, 4.69) is 0 Å².